The van der Waals surface area contributed by atoms with Crippen molar-refractivity contribution in [1.29, 1.82) is 0 Å². The third-order valence-electron chi connectivity index (χ3n) is 2.18. The second-order valence-electron chi connectivity index (χ2n) is 3.26. The van der Waals surface area contributed by atoms with E-state index in [1.54, 1.807) is 13.0 Å². The van der Waals surface area contributed by atoms with Crippen LogP contribution in [0.2, 0.25) is 0 Å². The van der Waals surface area contributed by atoms with E-state index in [4.69, 9.17) is 9.84 Å². The summed E-state index contributed by atoms with van der Waals surface area (Å²) in [5.74, 6) is -0.321. The normalized spacial score (nSPS) is 19.2. The van der Waals surface area contributed by atoms with Crippen LogP contribution in [0.1, 0.15) is 12.5 Å². The number of carbonyl (C=O) groups is 1. The molecule has 1 aromatic rings. The number of benzene rings is 1. The Labute approximate surface area is 81.6 Å². The summed E-state index contributed by atoms with van der Waals surface area (Å²) in [5.41, 5.74) is 1.65. The zero-order valence-electron chi connectivity index (χ0n) is 7.73. The molecular weight excluding hydrogens is 180 g/mol. The average molecular weight is 190 g/mol. The van der Waals surface area contributed by atoms with Gasteiger partial charge in [-0.15, -0.1) is 0 Å². The van der Waals surface area contributed by atoms with Crippen molar-refractivity contribution < 1.29 is 14.6 Å². The summed E-state index contributed by atoms with van der Waals surface area (Å²) in [5, 5.41) is 8.87. The molecule has 0 saturated carbocycles. The maximum Gasteiger partial charge on any atom is 0.349 e. The van der Waals surface area contributed by atoms with E-state index in [-0.39, 0.29) is 0 Å². The lowest BCUT2D eigenvalue weighted by molar-refractivity contribution is -0.143. The van der Waals surface area contributed by atoms with Crippen molar-refractivity contribution in [3.8, 4) is 5.75 Å². The van der Waals surface area contributed by atoms with Gasteiger partial charge in [-0.25, -0.2) is 4.79 Å². The average Bonchev–Trinajstić information content (AvgIpc) is 2.16. The van der Waals surface area contributed by atoms with Crippen LogP contribution in [0, 0.1) is 0 Å². The largest absolute Gasteiger partial charge is 0.478 e. The minimum atomic E-state index is -0.951. The topological polar surface area (TPSA) is 46.5 Å². The molecule has 1 unspecified atom stereocenters. The van der Waals surface area contributed by atoms with E-state index >= 15 is 0 Å². The Balaban J connectivity index is 2.43. The van der Waals surface area contributed by atoms with Gasteiger partial charge in [0.2, 0.25) is 6.10 Å². The van der Waals surface area contributed by atoms with E-state index in [0.29, 0.717) is 5.75 Å². The highest BCUT2D eigenvalue weighted by molar-refractivity contribution is 5.81. The fraction of sp³-hybridized carbons (Fsp3) is 0.182. The third kappa shape index (κ3) is 1.37. The number of aliphatic carboxylic acids is 1. The highest BCUT2D eigenvalue weighted by atomic mass is 16.5. The lowest BCUT2D eigenvalue weighted by Gasteiger charge is -2.21. The fourth-order valence-electron chi connectivity index (χ4n) is 1.49. The predicted octanol–water partition coefficient (Wildman–Crippen LogP) is 1.94. The van der Waals surface area contributed by atoms with Crippen molar-refractivity contribution in [3.05, 3.63) is 35.4 Å². The number of carboxylic acid groups (broad SMARTS) is 1. The zero-order valence-corrected chi connectivity index (χ0v) is 7.73. The second-order valence-corrected chi connectivity index (χ2v) is 3.26. The van der Waals surface area contributed by atoms with E-state index in [1.807, 2.05) is 24.3 Å². The first kappa shape index (κ1) is 8.81. The van der Waals surface area contributed by atoms with Gasteiger partial charge in [0.1, 0.15) is 5.75 Å². The molecule has 2 rings (SSSR count). The molecule has 0 aromatic heterocycles. The van der Waals surface area contributed by atoms with Crippen LogP contribution >= 0.6 is 0 Å². The molecule has 1 aliphatic rings. The number of hydrogen-bond acceptors (Lipinski definition) is 2. The molecule has 1 N–H and O–H groups in total. The van der Waals surface area contributed by atoms with Crippen LogP contribution < -0.4 is 4.74 Å². The second kappa shape index (κ2) is 3.18. The Morgan fingerprint density at radius 2 is 2.14 bits per heavy atom. The highest BCUT2D eigenvalue weighted by Crippen LogP contribution is 2.28. The van der Waals surface area contributed by atoms with Crippen LogP contribution in [0.3, 0.4) is 0 Å². The summed E-state index contributed by atoms with van der Waals surface area (Å²) in [6.45, 7) is 1.76. The maximum atomic E-state index is 10.8. The van der Waals surface area contributed by atoms with E-state index in [0.717, 1.165) is 11.1 Å². The summed E-state index contributed by atoms with van der Waals surface area (Å²) >= 11 is 0. The minimum absolute atomic E-state index is 0.630. The van der Waals surface area contributed by atoms with Crippen molar-refractivity contribution in [2.75, 3.05) is 0 Å². The zero-order chi connectivity index (χ0) is 10.1. The number of para-hydroxylation sites is 1. The summed E-state index contributed by atoms with van der Waals surface area (Å²) in [4.78, 5) is 10.8. The van der Waals surface area contributed by atoms with Crippen LogP contribution in [-0.2, 0) is 4.79 Å². The molecule has 1 heterocycles. The van der Waals surface area contributed by atoms with Gasteiger partial charge >= 0.3 is 5.97 Å². The predicted molar refractivity (Wildman–Crippen MR) is 52.1 cm³/mol. The molecule has 0 spiro atoms. The van der Waals surface area contributed by atoms with Crippen molar-refractivity contribution in [3.63, 3.8) is 0 Å². The SMILES string of the molecule is CC1=Cc2ccccc2OC1C(=O)O. The molecule has 0 amide bonds. The van der Waals surface area contributed by atoms with E-state index in [9.17, 15) is 4.79 Å². The molecule has 1 aromatic carbocycles. The number of fused-ring (bicyclic) bond motifs is 1. The van der Waals surface area contributed by atoms with Crippen LogP contribution in [0.25, 0.3) is 6.08 Å². The van der Waals surface area contributed by atoms with Gasteiger partial charge in [0.25, 0.3) is 0 Å². The van der Waals surface area contributed by atoms with Gasteiger partial charge in [-0.05, 0) is 24.6 Å². The number of hydrogen-bond donors (Lipinski definition) is 1. The van der Waals surface area contributed by atoms with Crippen molar-refractivity contribution in [1.82, 2.24) is 0 Å². The van der Waals surface area contributed by atoms with Gasteiger partial charge in [0, 0.05) is 5.56 Å². The van der Waals surface area contributed by atoms with Gasteiger partial charge in [-0.2, -0.15) is 0 Å². The molecule has 0 radical (unpaired) electrons. The van der Waals surface area contributed by atoms with Gasteiger partial charge in [0.15, 0.2) is 0 Å². The van der Waals surface area contributed by atoms with Crippen LogP contribution in [0.4, 0.5) is 0 Å². The molecule has 3 heteroatoms. The summed E-state index contributed by atoms with van der Waals surface area (Å²) < 4.78 is 5.34. The van der Waals surface area contributed by atoms with E-state index < -0.39 is 12.1 Å². The van der Waals surface area contributed by atoms with Gasteiger partial charge in [-0.3, -0.25) is 0 Å². The monoisotopic (exact) mass is 190 g/mol. The first-order chi connectivity index (χ1) is 6.68. The van der Waals surface area contributed by atoms with Gasteiger partial charge in [0.05, 0.1) is 0 Å². The van der Waals surface area contributed by atoms with E-state index in [2.05, 4.69) is 0 Å². The molecule has 3 nitrogen and oxygen atoms in total. The van der Waals surface area contributed by atoms with Gasteiger partial charge in [-0.1, -0.05) is 18.2 Å². The first-order valence-electron chi connectivity index (χ1n) is 4.35. The molecule has 14 heavy (non-hydrogen) atoms. The van der Waals surface area contributed by atoms with Crippen LogP contribution in [0.15, 0.2) is 29.8 Å². The summed E-state index contributed by atoms with van der Waals surface area (Å²) in [7, 11) is 0. The van der Waals surface area contributed by atoms with Crippen LogP contribution in [0.5, 0.6) is 5.75 Å². The lowest BCUT2D eigenvalue weighted by atomic mass is 10.0. The minimum Gasteiger partial charge on any atom is -0.478 e. The molecule has 1 atom stereocenters. The van der Waals surface area contributed by atoms with Crippen molar-refractivity contribution >= 4 is 12.0 Å². The molecule has 0 saturated heterocycles. The van der Waals surface area contributed by atoms with Gasteiger partial charge < -0.3 is 9.84 Å². The fourth-order valence-corrected chi connectivity index (χ4v) is 1.49. The Hall–Kier alpha value is -1.77. The molecule has 0 aliphatic carbocycles. The number of carboxylic acids is 1. The standard InChI is InChI=1S/C11H10O3/c1-7-6-8-4-2-3-5-9(8)14-10(7)11(12)13/h2-6,10H,1H3,(H,12,13). The van der Waals surface area contributed by atoms with Crippen molar-refractivity contribution in [2.24, 2.45) is 0 Å². The quantitative estimate of drug-likeness (QED) is 0.736. The number of ether oxygens (including phenoxy) is 1. The Bertz CT molecular complexity index is 407. The molecule has 1 aliphatic heterocycles. The smallest absolute Gasteiger partial charge is 0.349 e. The molecular formula is C11H10O3. The lowest BCUT2D eigenvalue weighted by Crippen LogP contribution is -2.30. The number of rotatable bonds is 1. The van der Waals surface area contributed by atoms with Crippen LogP contribution in [-0.4, -0.2) is 17.2 Å². The molecule has 0 fully saturated rings. The maximum absolute atomic E-state index is 10.8. The summed E-state index contributed by atoms with van der Waals surface area (Å²) in [6.07, 6.45) is 1.00. The first-order valence-corrected chi connectivity index (χ1v) is 4.35. The summed E-state index contributed by atoms with van der Waals surface area (Å²) in [6, 6.07) is 7.39. The Morgan fingerprint density at radius 1 is 1.43 bits per heavy atom. The highest BCUT2D eigenvalue weighted by Gasteiger charge is 2.25. The van der Waals surface area contributed by atoms with E-state index in [1.165, 1.54) is 0 Å². The Kier molecular flexibility index (Phi) is 2.00. The van der Waals surface area contributed by atoms with Crippen molar-refractivity contribution in [2.45, 2.75) is 13.0 Å². The molecule has 0 bridgehead atoms. The third-order valence-corrected chi connectivity index (χ3v) is 2.18. The molecule has 72 valence electrons. The Morgan fingerprint density at radius 3 is 2.86 bits per heavy atom.